The molecule has 0 aromatic carbocycles. The van der Waals surface area contributed by atoms with Crippen molar-refractivity contribution in [2.75, 3.05) is 39.8 Å². The van der Waals surface area contributed by atoms with Crippen molar-refractivity contribution in [1.29, 1.82) is 0 Å². The first-order valence-electron chi connectivity index (χ1n) is 9.72. The number of aliphatic imine (C=N–C) groups is 1. The van der Waals surface area contributed by atoms with E-state index in [0.29, 0.717) is 5.92 Å². The van der Waals surface area contributed by atoms with E-state index in [1.54, 1.807) is 0 Å². The number of guanidine groups is 1. The minimum atomic E-state index is -0.435. The normalized spacial score (nSPS) is 22.7. The number of carbonyl (C=O) groups excluding carboxylic acids is 1. The summed E-state index contributed by atoms with van der Waals surface area (Å²) in [5.74, 6) is 2.26. The summed E-state index contributed by atoms with van der Waals surface area (Å²) >= 11 is 0. The van der Waals surface area contributed by atoms with Crippen LogP contribution in [0, 0.1) is 11.8 Å². The highest BCUT2D eigenvalue weighted by Gasteiger charge is 2.28. The number of halogens is 1. The maximum atomic E-state index is 12.3. The van der Waals surface area contributed by atoms with Crippen LogP contribution in [0.2, 0.25) is 0 Å². The number of piperidine rings is 2. The summed E-state index contributed by atoms with van der Waals surface area (Å²) < 4.78 is 5.51. The highest BCUT2D eigenvalue weighted by atomic mass is 127. The summed E-state index contributed by atoms with van der Waals surface area (Å²) in [6, 6.07) is 0. The molecule has 7 heteroatoms. The van der Waals surface area contributed by atoms with Gasteiger partial charge in [-0.15, -0.1) is 24.0 Å². The Balaban J connectivity index is 0.00000338. The molecule has 0 aliphatic carbocycles. The molecular weight excluding hydrogens is 443 g/mol. The summed E-state index contributed by atoms with van der Waals surface area (Å²) in [5.41, 5.74) is -0.435. The monoisotopic (exact) mass is 480 g/mol. The fourth-order valence-corrected chi connectivity index (χ4v) is 3.51. The van der Waals surface area contributed by atoms with E-state index in [0.717, 1.165) is 57.4 Å². The smallest absolute Gasteiger partial charge is 0.410 e. The van der Waals surface area contributed by atoms with Crippen LogP contribution in [-0.2, 0) is 4.74 Å². The molecule has 2 fully saturated rings. The molecule has 0 radical (unpaired) electrons. The van der Waals surface area contributed by atoms with Gasteiger partial charge in [-0.3, -0.25) is 4.99 Å². The summed E-state index contributed by atoms with van der Waals surface area (Å²) in [4.78, 5) is 20.9. The first-order valence-corrected chi connectivity index (χ1v) is 9.72. The van der Waals surface area contributed by atoms with Gasteiger partial charge in [0, 0.05) is 39.8 Å². The molecule has 0 spiro atoms. The zero-order valence-corrected chi connectivity index (χ0v) is 19.4. The van der Waals surface area contributed by atoms with Crippen molar-refractivity contribution in [2.45, 2.75) is 59.0 Å². The molecule has 2 heterocycles. The zero-order valence-electron chi connectivity index (χ0n) is 17.1. The average molecular weight is 480 g/mol. The van der Waals surface area contributed by atoms with Gasteiger partial charge in [0.25, 0.3) is 0 Å². The van der Waals surface area contributed by atoms with Crippen LogP contribution in [0.3, 0.4) is 0 Å². The number of ether oxygens (including phenoxy) is 1. The summed E-state index contributed by atoms with van der Waals surface area (Å²) in [6.07, 6.45) is 4.45. The maximum Gasteiger partial charge on any atom is 0.410 e. The minimum absolute atomic E-state index is 0. The third-order valence-electron chi connectivity index (χ3n) is 5.01. The Morgan fingerprint density at radius 2 is 1.81 bits per heavy atom. The van der Waals surface area contributed by atoms with Crippen molar-refractivity contribution in [3.63, 3.8) is 0 Å². The van der Waals surface area contributed by atoms with Crippen LogP contribution in [0.25, 0.3) is 0 Å². The van der Waals surface area contributed by atoms with Crippen LogP contribution in [-0.4, -0.2) is 67.2 Å². The number of rotatable bonds is 2. The van der Waals surface area contributed by atoms with Gasteiger partial charge < -0.3 is 19.9 Å². The van der Waals surface area contributed by atoms with Gasteiger partial charge in [0.05, 0.1) is 0 Å². The fourth-order valence-electron chi connectivity index (χ4n) is 3.51. The molecule has 1 unspecified atom stereocenters. The number of likely N-dealkylation sites (tertiary alicyclic amines) is 2. The number of amides is 1. The number of hydrogen-bond donors (Lipinski definition) is 1. The first-order chi connectivity index (χ1) is 11.8. The molecule has 1 amide bonds. The van der Waals surface area contributed by atoms with E-state index in [-0.39, 0.29) is 30.1 Å². The van der Waals surface area contributed by atoms with Gasteiger partial charge in [0.15, 0.2) is 5.96 Å². The van der Waals surface area contributed by atoms with E-state index >= 15 is 0 Å². The molecule has 2 aliphatic heterocycles. The minimum Gasteiger partial charge on any atom is -0.444 e. The van der Waals surface area contributed by atoms with Crippen molar-refractivity contribution in [3.8, 4) is 0 Å². The van der Waals surface area contributed by atoms with Crippen molar-refractivity contribution in [3.05, 3.63) is 0 Å². The van der Waals surface area contributed by atoms with Crippen molar-refractivity contribution in [1.82, 2.24) is 15.1 Å². The summed E-state index contributed by atoms with van der Waals surface area (Å²) in [7, 11) is 1.86. The van der Waals surface area contributed by atoms with E-state index in [2.05, 4.69) is 22.1 Å². The lowest BCUT2D eigenvalue weighted by molar-refractivity contribution is 0.0168. The molecular formula is C19H37IN4O2. The van der Waals surface area contributed by atoms with Gasteiger partial charge in [-0.25, -0.2) is 4.79 Å². The Kier molecular flexibility index (Phi) is 9.47. The number of carbonyl (C=O) groups is 1. The summed E-state index contributed by atoms with van der Waals surface area (Å²) in [5, 5.41) is 3.53. The molecule has 26 heavy (non-hydrogen) atoms. The molecule has 6 nitrogen and oxygen atoms in total. The predicted molar refractivity (Wildman–Crippen MR) is 117 cm³/mol. The topological polar surface area (TPSA) is 57.2 Å². The van der Waals surface area contributed by atoms with Crippen LogP contribution < -0.4 is 5.32 Å². The van der Waals surface area contributed by atoms with Crippen LogP contribution in [0.5, 0.6) is 0 Å². The quantitative estimate of drug-likeness (QED) is 0.373. The molecule has 0 aromatic rings. The van der Waals surface area contributed by atoms with E-state index in [1.807, 2.05) is 32.7 Å². The second kappa shape index (κ2) is 10.6. The molecule has 2 aliphatic rings. The van der Waals surface area contributed by atoms with Crippen molar-refractivity contribution in [2.24, 2.45) is 16.8 Å². The lowest BCUT2D eigenvalue weighted by Gasteiger charge is -2.36. The van der Waals surface area contributed by atoms with E-state index in [9.17, 15) is 4.79 Å². The predicted octanol–water partition coefficient (Wildman–Crippen LogP) is 3.56. The highest BCUT2D eigenvalue weighted by Crippen LogP contribution is 2.20. The Bertz CT molecular complexity index is 471. The lowest BCUT2D eigenvalue weighted by atomic mass is 9.98. The Morgan fingerprint density at radius 3 is 2.38 bits per heavy atom. The van der Waals surface area contributed by atoms with Crippen LogP contribution in [0.15, 0.2) is 4.99 Å². The van der Waals surface area contributed by atoms with Gasteiger partial charge in [-0.05, 0) is 58.3 Å². The van der Waals surface area contributed by atoms with Crippen LogP contribution >= 0.6 is 24.0 Å². The average Bonchev–Trinajstić information content (AvgIpc) is 2.55. The lowest BCUT2D eigenvalue weighted by Crippen LogP contribution is -2.49. The largest absolute Gasteiger partial charge is 0.444 e. The SMILES string of the molecule is CN=C(NCC1CCCN(C(=O)OC(C)(C)C)C1)N1CCC(C)CC1.I. The van der Waals surface area contributed by atoms with E-state index in [4.69, 9.17) is 4.74 Å². The Hall–Kier alpha value is -0.730. The number of hydrogen-bond acceptors (Lipinski definition) is 3. The molecule has 2 saturated heterocycles. The van der Waals surface area contributed by atoms with Gasteiger partial charge in [-0.2, -0.15) is 0 Å². The molecule has 152 valence electrons. The second-order valence-electron chi connectivity index (χ2n) is 8.53. The van der Waals surface area contributed by atoms with Crippen LogP contribution in [0.1, 0.15) is 53.4 Å². The van der Waals surface area contributed by atoms with Gasteiger partial charge in [0.2, 0.25) is 0 Å². The van der Waals surface area contributed by atoms with E-state index < -0.39 is 5.60 Å². The third kappa shape index (κ3) is 7.48. The maximum absolute atomic E-state index is 12.3. The Morgan fingerprint density at radius 1 is 1.15 bits per heavy atom. The van der Waals surface area contributed by atoms with Gasteiger partial charge in [0.1, 0.15) is 5.60 Å². The molecule has 1 N–H and O–H groups in total. The van der Waals surface area contributed by atoms with E-state index in [1.165, 1.54) is 12.8 Å². The number of nitrogens with zero attached hydrogens (tertiary/aromatic N) is 3. The van der Waals surface area contributed by atoms with Gasteiger partial charge >= 0.3 is 6.09 Å². The highest BCUT2D eigenvalue weighted by molar-refractivity contribution is 14.0. The van der Waals surface area contributed by atoms with Crippen molar-refractivity contribution >= 4 is 36.0 Å². The first kappa shape index (κ1) is 23.3. The fraction of sp³-hybridized carbons (Fsp3) is 0.895. The van der Waals surface area contributed by atoms with Crippen molar-refractivity contribution < 1.29 is 9.53 Å². The Labute approximate surface area is 176 Å². The van der Waals surface area contributed by atoms with Gasteiger partial charge in [-0.1, -0.05) is 6.92 Å². The molecule has 0 saturated carbocycles. The molecule has 0 bridgehead atoms. The molecule has 0 aromatic heterocycles. The molecule has 2 rings (SSSR count). The zero-order chi connectivity index (χ0) is 18.4. The standard InChI is InChI=1S/C19H36N4O2.HI/c1-15-8-11-22(12-9-15)17(20-5)21-13-16-7-6-10-23(14-16)18(24)25-19(2,3)4;/h15-16H,6-14H2,1-5H3,(H,20,21);1H. The number of nitrogens with one attached hydrogen (secondary N) is 1. The third-order valence-corrected chi connectivity index (χ3v) is 5.01. The van der Waals surface area contributed by atoms with Crippen LogP contribution in [0.4, 0.5) is 4.79 Å². The summed E-state index contributed by atoms with van der Waals surface area (Å²) in [6.45, 7) is 12.6. The second-order valence-corrected chi connectivity index (χ2v) is 8.53. The molecule has 1 atom stereocenters.